The van der Waals surface area contributed by atoms with Crippen LogP contribution in [0.25, 0.3) is 0 Å². The summed E-state index contributed by atoms with van der Waals surface area (Å²) >= 11 is 3.51. The zero-order valence-electron chi connectivity index (χ0n) is 10.7. The van der Waals surface area contributed by atoms with Crippen molar-refractivity contribution in [1.29, 1.82) is 0 Å². The summed E-state index contributed by atoms with van der Waals surface area (Å²) in [7, 11) is 3.25. The zero-order valence-corrected chi connectivity index (χ0v) is 12.3. The molecule has 1 atom stereocenters. The molecule has 0 spiro atoms. The molecule has 100 valence electrons. The lowest BCUT2D eigenvalue weighted by Gasteiger charge is -2.18. The Morgan fingerprint density at radius 2 is 1.74 bits per heavy atom. The quantitative estimate of drug-likeness (QED) is 0.833. The molecule has 0 amide bonds. The fourth-order valence-electron chi connectivity index (χ4n) is 1.93. The van der Waals surface area contributed by atoms with Gasteiger partial charge >= 0.3 is 0 Å². The minimum atomic E-state index is -0.257. The van der Waals surface area contributed by atoms with Crippen LogP contribution in [0.5, 0.6) is 5.75 Å². The van der Waals surface area contributed by atoms with Crippen molar-refractivity contribution < 1.29 is 13.9 Å². The molecule has 0 fully saturated rings. The summed E-state index contributed by atoms with van der Waals surface area (Å²) in [6.45, 7) is 0. The third kappa shape index (κ3) is 3.14. The number of hydrogen-bond acceptors (Lipinski definition) is 2. The van der Waals surface area contributed by atoms with Gasteiger partial charge in [-0.3, -0.25) is 0 Å². The van der Waals surface area contributed by atoms with Gasteiger partial charge in [-0.15, -0.1) is 0 Å². The molecule has 0 heterocycles. The molecule has 2 aromatic carbocycles. The van der Waals surface area contributed by atoms with Crippen molar-refractivity contribution in [2.75, 3.05) is 14.2 Å². The van der Waals surface area contributed by atoms with E-state index >= 15 is 0 Å². The average molecular weight is 325 g/mol. The second-order valence-corrected chi connectivity index (χ2v) is 4.91. The van der Waals surface area contributed by atoms with Crippen LogP contribution in [-0.4, -0.2) is 14.2 Å². The van der Waals surface area contributed by atoms with E-state index in [0.29, 0.717) is 0 Å². The van der Waals surface area contributed by atoms with Gasteiger partial charge in [0.2, 0.25) is 0 Å². The van der Waals surface area contributed by atoms with E-state index in [1.54, 1.807) is 26.4 Å². The predicted molar refractivity (Wildman–Crippen MR) is 75.9 cm³/mol. The van der Waals surface area contributed by atoms with Crippen molar-refractivity contribution in [3.8, 4) is 5.75 Å². The van der Waals surface area contributed by atoms with Crippen molar-refractivity contribution >= 4 is 15.9 Å². The number of methoxy groups -OCH3 is 2. The number of hydrogen-bond donors (Lipinski definition) is 0. The van der Waals surface area contributed by atoms with Gasteiger partial charge in [0.05, 0.1) is 7.11 Å². The summed E-state index contributed by atoms with van der Waals surface area (Å²) in [5, 5.41) is 0. The van der Waals surface area contributed by atoms with E-state index in [2.05, 4.69) is 15.9 Å². The van der Waals surface area contributed by atoms with Crippen LogP contribution in [0.4, 0.5) is 4.39 Å². The predicted octanol–water partition coefficient (Wildman–Crippen LogP) is 4.33. The summed E-state index contributed by atoms with van der Waals surface area (Å²) in [5.41, 5.74) is 1.87. The van der Waals surface area contributed by atoms with E-state index in [4.69, 9.17) is 9.47 Å². The summed E-state index contributed by atoms with van der Waals surface area (Å²) in [4.78, 5) is 0. The maximum absolute atomic E-state index is 13.0. The molecule has 2 rings (SSSR count). The number of ether oxygens (including phenoxy) is 2. The smallest absolute Gasteiger partial charge is 0.123 e. The van der Waals surface area contributed by atoms with E-state index in [1.165, 1.54) is 12.1 Å². The van der Waals surface area contributed by atoms with Crippen LogP contribution >= 0.6 is 15.9 Å². The van der Waals surface area contributed by atoms with Gasteiger partial charge < -0.3 is 9.47 Å². The van der Waals surface area contributed by atoms with Gasteiger partial charge in [-0.2, -0.15) is 0 Å². The molecule has 0 N–H and O–H groups in total. The highest BCUT2D eigenvalue weighted by atomic mass is 79.9. The second-order valence-electron chi connectivity index (χ2n) is 4.05. The Morgan fingerprint density at radius 1 is 1.05 bits per heavy atom. The minimum Gasteiger partial charge on any atom is -0.497 e. The van der Waals surface area contributed by atoms with Gasteiger partial charge in [-0.05, 0) is 35.4 Å². The Labute approximate surface area is 120 Å². The van der Waals surface area contributed by atoms with Crippen molar-refractivity contribution in [1.82, 2.24) is 0 Å². The van der Waals surface area contributed by atoms with E-state index in [1.807, 2.05) is 18.2 Å². The Kier molecular flexibility index (Phi) is 4.56. The van der Waals surface area contributed by atoms with E-state index in [0.717, 1.165) is 21.3 Å². The highest BCUT2D eigenvalue weighted by Gasteiger charge is 2.16. The Balaban J connectivity index is 2.39. The molecule has 0 aliphatic carbocycles. The first-order valence-electron chi connectivity index (χ1n) is 5.77. The van der Waals surface area contributed by atoms with E-state index in [-0.39, 0.29) is 11.9 Å². The fourth-order valence-corrected chi connectivity index (χ4v) is 2.49. The van der Waals surface area contributed by atoms with Gasteiger partial charge in [-0.25, -0.2) is 4.39 Å². The van der Waals surface area contributed by atoms with Crippen LogP contribution < -0.4 is 4.74 Å². The molecule has 0 saturated heterocycles. The first-order valence-corrected chi connectivity index (χ1v) is 6.56. The Hall–Kier alpha value is -1.39. The summed E-state index contributed by atoms with van der Waals surface area (Å²) < 4.78 is 24.5. The summed E-state index contributed by atoms with van der Waals surface area (Å²) in [6, 6.07) is 12.0. The largest absolute Gasteiger partial charge is 0.497 e. The standard InChI is InChI=1S/C15H14BrFO2/c1-18-12-7-8-13(14(16)9-12)15(19-2)10-3-5-11(17)6-4-10/h3-9,15H,1-2H3. The lowest BCUT2D eigenvalue weighted by Crippen LogP contribution is -2.04. The highest BCUT2D eigenvalue weighted by molar-refractivity contribution is 9.10. The monoisotopic (exact) mass is 324 g/mol. The normalized spacial score (nSPS) is 12.2. The molecule has 19 heavy (non-hydrogen) atoms. The molecular weight excluding hydrogens is 311 g/mol. The van der Waals surface area contributed by atoms with Crippen LogP contribution in [0, 0.1) is 5.82 Å². The van der Waals surface area contributed by atoms with Crippen molar-refractivity contribution in [3.05, 3.63) is 63.9 Å². The van der Waals surface area contributed by atoms with Gasteiger partial charge in [-0.1, -0.05) is 34.1 Å². The molecule has 1 unspecified atom stereocenters. The number of rotatable bonds is 4. The summed E-state index contributed by atoms with van der Waals surface area (Å²) in [6.07, 6.45) is -0.249. The average Bonchev–Trinajstić information content (AvgIpc) is 2.43. The third-order valence-electron chi connectivity index (χ3n) is 2.90. The molecule has 0 aliphatic rings. The third-order valence-corrected chi connectivity index (χ3v) is 3.59. The lowest BCUT2D eigenvalue weighted by molar-refractivity contribution is 0.136. The number of benzene rings is 2. The molecule has 2 nitrogen and oxygen atoms in total. The molecule has 0 bridgehead atoms. The van der Waals surface area contributed by atoms with Crippen LogP contribution in [0.1, 0.15) is 17.2 Å². The van der Waals surface area contributed by atoms with Gasteiger partial charge in [0, 0.05) is 11.6 Å². The first-order chi connectivity index (χ1) is 9.15. The highest BCUT2D eigenvalue weighted by Crippen LogP contribution is 2.33. The van der Waals surface area contributed by atoms with Crippen molar-refractivity contribution in [3.63, 3.8) is 0 Å². The van der Waals surface area contributed by atoms with Gasteiger partial charge in [0.25, 0.3) is 0 Å². The topological polar surface area (TPSA) is 18.5 Å². The fraction of sp³-hybridized carbons (Fsp3) is 0.200. The number of halogens is 2. The van der Waals surface area contributed by atoms with Crippen LogP contribution in [-0.2, 0) is 4.74 Å². The Morgan fingerprint density at radius 3 is 2.26 bits per heavy atom. The van der Waals surface area contributed by atoms with E-state index < -0.39 is 0 Å². The molecule has 4 heteroatoms. The van der Waals surface area contributed by atoms with Crippen molar-refractivity contribution in [2.24, 2.45) is 0 Å². The zero-order chi connectivity index (χ0) is 13.8. The molecule has 0 saturated carbocycles. The Bertz CT molecular complexity index is 555. The van der Waals surface area contributed by atoms with Crippen LogP contribution in [0.2, 0.25) is 0 Å². The lowest BCUT2D eigenvalue weighted by atomic mass is 10.0. The molecule has 0 aromatic heterocycles. The van der Waals surface area contributed by atoms with E-state index in [9.17, 15) is 4.39 Å². The van der Waals surface area contributed by atoms with Crippen molar-refractivity contribution in [2.45, 2.75) is 6.10 Å². The molecule has 2 aromatic rings. The molecule has 0 radical (unpaired) electrons. The molecule has 0 aliphatic heterocycles. The molecular formula is C15H14BrFO2. The van der Waals surface area contributed by atoms with Gasteiger partial charge in [0.1, 0.15) is 17.7 Å². The van der Waals surface area contributed by atoms with Crippen LogP contribution in [0.15, 0.2) is 46.9 Å². The van der Waals surface area contributed by atoms with Gasteiger partial charge in [0.15, 0.2) is 0 Å². The second kappa shape index (κ2) is 6.17. The maximum Gasteiger partial charge on any atom is 0.123 e. The summed E-state index contributed by atoms with van der Waals surface area (Å²) in [5.74, 6) is 0.511. The SMILES string of the molecule is COc1ccc(C(OC)c2ccc(F)cc2)c(Br)c1. The first kappa shape index (κ1) is 14.0. The minimum absolute atomic E-state index is 0.249. The maximum atomic E-state index is 13.0. The van der Waals surface area contributed by atoms with Crippen LogP contribution in [0.3, 0.4) is 0 Å².